The van der Waals surface area contributed by atoms with Crippen molar-refractivity contribution in [1.29, 1.82) is 0 Å². The molecule has 22 heavy (non-hydrogen) atoms. The van der Waals surface area contributed by atoms with Crippen LogP contribution < -0.4 is 5.73 Å². The van der Waals surface area contributed by atoms with Gasteiger partial charge < -0.3 is 5.73 Å². The number of alkyl halides is 3. The van der Waals surface area contributed by atoms with Crippen LogP contribution in [-0.4, -0.2) is 19.6 Å². The maximum atomic E-state index is 13.3. The third kappa shape index (κ3) is 2.36. The van der Waals surface area contributed by atoms with Gasteiger partial charge in [-0.25, -0.2) is 4.98 Å². The van der Waals surface area contributed by atoms with E-state index in [1.54, 1.807) is 6.07 Å². The van der Waals surface area contributed by atoms with E-state index in [1.807, 2.05) is 6.92 Å². The molecular formula is C14H12F3N5. The Labute approximate surface area is 123 Å². The van der Waals surface area contributed by atoms with Gasteiger partial charge in [0, 0.05) is 16.9 Å². The van der Waals surface area contributed by atoms with E-state index in [2.05, 4.69) is 15.1 Å². The molecule has 0 aliphatic carbocycles. The van der Waals surface area contributed by atoms with E-state index in [1.165, 1.54) is 23.0 Å². The molecule has 1 aromatic carbocycles. The zero-order valence-electron chi connectivity index (χ0n) is 11.6. The second kappa shape index (κ2) is 4.97. The highest BCUT2D eigenvalue weighted by Crippen LogP contribution is 2.38. The molecule has 3 rings (SSSR count). The number of halogens is 3. The highest BCUT2D eigenvalue weighted by atomic mass is 19.4. The summed E-state index contributed by atoms with van der Waals surface area (Å²) in [6, 6.07) is 5.07. The molecule has 0 saturated carbocycles. The summed E-state index contributed by atoms with van der Waals surface area (Å²) in [7, 11) is 0. The lowest BCUT2D eigenvalue weighted by Crippen LogP contribution is -2.10. The number of fused-ring (bicyclic) bond motifs is 1. The van der Waals surface area contributed by atoms with Crippen molar-refractivity contribution < 1.29 is 13.2 Å². The van der Waals surface area contributed by atoms with Crippen LogP contribution in [0.2, 0.25) is 0 Å². The van der Waals surface area contributed by atoms with Crippen molar-refractivity contribution in [3.8, 4) is 11.3 Å². The normalized spacial score (nSPS) is 12.0. The fourth-order valence-corrected chi connectivity index (χ4v) is 2.26. The van der Waals surface area contributed by atoms with Crippen LogP contribution in [0.5, 0.6) is 0 Å². The minimum Gasteiger partial charge on any atom is -0.399 e. The topological polar surface area (TPSA) is 69.1 Å². The minimum atomic E-state index is -4.49. The zero-order chi connectivity index (χ0) is 15.9. The summed E-state index contributed by atoms with van der Waals surface area (Å²) in [5, 5.41) is 3.96. The molecule has 0 bridgehead atoms. The number of hydrogen-bond acceptors (Lipinski definition) is 4. The van der Waals surface area contributed by atoms with Crippen LogP contribution in [0.25, 0.3) is 17.0 Å². The second-order valence-electron chi connectivity index (χ2n) is 4.76. The summed E-state index contributed by atoms with van der Waals surface area (Å²) < 4.78 is 41.1. The van der Waals surface area contributed by atoms with Crippen LogP contribution in [0.1, 0.15) is 18.2 Å². The van der Waals surface area contributed by atoms with E-state index < -0.39 is 11.7 Å². The minimum absolute atomic E-state index is 0.0416. The maximum absolute atomic E-state index is 13.3. The predicted molar refractivity (Wildman–Crippen MR) is 75.0 cm³/mol. The highest BCUT2D eigenvalue weighted by molar-refractivity contribution is 5.70. The summed E-state index contributed by atoms with van der Waals surface area (Å²) in [5.41, 5.74) is 5.99. The Morgan fingerprint density at radius 1 is 1.23 bits per heavy atom. The number of aryl methyl sites for hydroxylation is 1. The van der Waals surface area contributed by atoms with E-state index >= 15 is 0 Å². The number of nitrogen functional groups attached to an aromatic ring is 1. The third-order valence-electron chi connectivity index (χ3n) is 3.29. The molecule has 0 spiro atoms. The zero-order valence-corrected chi connectivity index (χ0v) is 11.6. The van der Waals surface area contributed by atoms with Gasteiger partial charge in [-0.2, -0.15) is 27.8 Å². The molecule has 0 saturated heterocycles. The summed E-state index contributed by atoms with van der Waals surface area (Å²) in [6.45, 7) is 1.86. The monoisotopic (exact) mass is 307 g/mol. The molecule has 0 amide bonds. The molecule has 0 unspecified atom stereocenters. The fraction of sp³-hybridized carbons (Fsp3) is 0.214. The van der Waals surface area contributed by atoms with Gasteiger partial charge in [-0.1, -0.05) is 6.92 Å². The van der Waals surface area contributed by atoms with Crippen LogP contribution in [0.3, 0.4) is 0 Å². The quantitative estimate of drug-likeness (QED) is 0.739. The molecule has 0 aliphatic rings. The van der Waals surface area contributed by atoms with Crippen LogP contribution in [0.15, 0.2) is 30.6 Å². The lowest BCUT2D eigenvalue weighted by Gasteiger charge is -2.15. The molecule has 0 radical (unpaired) electrons. The van der Waals surface area contributed by atoms with Crippen molar-refractivity contribution in [2.45, 2.75) is 19.5 Å². The van der Waals surface area contributed by atoms with Crippen LogP contribution in [0.4, 0.5) is 18.9 Å². The van der Waals surface area contributed by atoms with E-state index in [0.29, 0.717) is 12.1 Å². The van der Waals surface area contributed by atoms with Crippen molar-refractivity contribution in [2.24, 2.45) is 0 Å². The van der Waals surface area contributed by atoms with Crippen molar-refractivity contribution >= 4 is 11.5 Å². The average Bonchev–Trinajstić information content (AvgIpc) is 2.92. The van der Waals surface area contributed by atoms with Gasteiger partial charge in [-0.3, -0.25) is 0 Å². The van der Waals surface area contributed by atoms with Crippen molar-refractivity contribution in [3.05, 3.63) is 41.9 Å². The van der Waals surface area contributed by atoms with Gasteiger partial charge in [-0.05, 0) is 30.7 Å². The van der Waals surface area contributed by atoms with Crippen molar-refractivity contribution in [1.82, 2.24) is 19.6 Å². The van der Waals surface area contributed by atoms with Gasteiger partial charge in [-0.15, -0.1) is 0 Å². The summed E-state index contributed by atoms with van der Waals surface area (Å²) in [5.74, 6) is 0.255. The number of anilines is 1. The smallest absolute Gasteiger partial charge is 0.399 e. The molecule has 114 valence electrons. The van der Waals surface area contributed by atoms with Gasteiger partial charge in [0.15, 0.2) is 0 Å². The molecule has 5 nitrogen and oxygen atoms in total. The predicted octanol–water partition coefficient (Wildman–Crippen LogP) is 2.95. The Morgan fingerprint density at radius 3 is 2.68 bits per heavy atom. The largest absolute Gasteiger partial charge is 0.417 e. The van der Waals surface area contributed by atoms with Gasteiger partial charge >= 0.3 is 6.18 Å². The molecular weight excluding hydrogens is 295 g/mol. The van der Waals surface area contributed by atoms with E-state index in [-0.39, 0.29) is 22.7 Å². The Morgan fingerprint density at radius 2 is 2.00 bits per heavy atom. The summed E-state index contributed by atoms with van der Waals surface area (Å²) >= 11 is 0. The average molecular weight is 307 g/mol. The maximum Gasteiger partial charge on any atom is 0.417 e. The van der Waals surface area contributed by atoms with Gasteiger partial charge in [0.2, 0.25) is 0 Å². The molecule has 2 N–H and O–H groups in total. The number of nitrogens with two attached hydrogens (primary N) is 1. The van der Waals surface area contributed by atoms with Crippen LogP contribution in [0, 0.1) is 0 Å². The Balaban J connectivity index is 2.36. The second-order valence-corrected chi connectivity index (χ2v) is 4.76. The number of hydrogen-bond donors (Lipinski definition) is 1. The van der Waals surface area contributed by atoms with Crippen LogP contribution >= 0.6 is 0 Å². The first kappa shape index (κ1) is 14.3. The van der Waals surface area contributed by atoms with E-state index in [9.17, 15) is 13.2 Å². The number of nitrogens with zero attached hydrogens (tertiary/aromatic N) is 4. The molecule has 0 fully saturated rings. The standard InChI is InChI=1S/C14H12F3N5/c1-2-9-6-12(22-13(21-9)19-7-20-22)10-5-8(18)3-4-11(10)14(15,16)17/h3-7H,2,18H2,1H3. The lowest BCUT2D eigenvalue weighted by atomic mass is 10.0. The number of aromatic nitrogens is 4. The molecule has 8 heteroatoms. The SMILES string of the molecule is CCc1cc(-c2cc(N)ccc2C(F)(F)F)n2ncnc2n1. The van der Waals surface area contributed by atoms with E-state index in [4.69, 9.17) is 5.73 Å². The summed E-state index contributed by atoms with van der Waals surface area (Å²) in [6.07, 6.45) is -2.67. The van der Waals surface area contributed by atoms with Gasteiger partial charge in [0.1, 0.15) is 6.33 Å². The first-order valence-corrected chi connectivity index (χ1v) is 6.57. The highest BCUT2D eigenvalue weighted by Gasteiger charge is 2.34. The first-order chi connectivity index (χ1) is 10.4. The van der Waals surface area contributed by atoms with E-state index in [0.717, 1.165) is 6.07 Å². The molecule has 2 heterocycles. The Kier molecular flexibility index (Phi) is 3.23. The van der Waals surface area contributed by atoms with Gasteiger partial charge in [0.05, 0.1) is 11.3 Å². The van der Waals surface area contributed by atoms with Crippen molar-refractivity contribution in [3.63, 3.8) is 0 Å². The number of rotatable bonds is 2. The number of benzene rings is 1. The third-order valence-corrected chi connectivity index (χ3v) is 3.29. The lowest BCUT2D eigenvalue weighted by molar-refractivity contribution is -0.137. The van der Waals surface area contributed by atoms with Gasteiger partial charge in [0.25, 0.3) is 5.78 Å². The summed E-state index contributed by atoms with van der Waals surface area (Å²) in [4.78, 5) is 8.19. The molecule has 2 aromatic heterocycles. The van der Waals surface area contributed by atoms with Crippen LogP contribution in [-0.2, 0) is 12.6 Å². The molecule has 0 aliphatic heterocycles. The Hall–Kier alpha value is -2.64. The Bertz CT molecular complexity index is 838. The van der Waals surface area contributed by atoms with Crippen molar-refractivity contribution in [2.75, 3.05) is 5.73 Å². The molecule has 0 atom stereocenters. The first-order valence-electron chi connectivity index (χ1n) is 6.57. The fourth-order valence-electron chi connectivity index (χ4n) is 2.26. The molecule has 3 aromatic rings.